The number of nitrogens with zero attached hydrogens (tertiary/aromatic N) is 3. The third-order valence-electron chi connectivity index (χ3n) is 2.80. The molecule has 0 atom stereocenters. The van der Waals surface area contributed by atoms with Crippen LogP contribution in [0.25, 0.3) is 0 Å². The quantitative estimate of drug-likeness (QED) is 0.639. The van der Waals surface area contributed by atoms with E-state index >= 15 is 0 Å². The smallest absolute Gasteiger partial charge is 0.307 e. The van der Waals surface area contributed by atoms with E-state index in [0.29, 0.717) is 17.2 Å². The lowest BCUT2D eigenvalue weighted by molar-refractivity contribution is -0.385. The van der Waals surface area contributed by atoms with Crippen molar-refractivity contribution < 1.29 is 19.2 Å². The van der Waals surface area contributed by atoms with Crippen molar-refractivity contribution in [3.63, 3.8) is 0 Å². The summed E-state index contributed by atoms with van der Waals surface area (Å²) in [5, 5.41) is 16.9. The number of hydrogen-bond donors (Lipinski definition) is 1. The molecular formula is C13H14N4O5. The molecule has 116 valence electrons. The molecular weight excluding hydrogens is 292 g/mol. The van der Waals surface area contributed by atoms with Gasteiger partial charge in [-0.05, 0) is 12.1 Å². The number of carbonyl (C=O) groups is 1. The molecule has 0 aliphatic heterocycles. The second kappa shape index (κ2) is 6.57. The summed E-state index contributed by atoms with van der Waals surface area (Å²) in [6.07, 6.45) is 2.28. The number of amides is 1. The van der Waals surface area contributed by atoms with E-state index in [4.69, 9.17) is 9.47 Å². The summed E-state index contributed by atoms with van der Waals surface area (Å²) in [5.74, 6) is 0.656. The molecule has 0 bridgehead atoms. The van der Waals surface area contributed by atoms with Crippen LogP contribution in [0.1, 0.15) is 0 Å². The van der Waals surface area contributed by atoms with Crippen LogP contribution in [-0.2, 0) is 11.3 Å². The minimum absolute atomic E-state index is 0.137. The third kappa shape index (κ3) is 3.51. The van der Waals surface area contributed by atoms with Gasteiger partial charge in [0.2, 0.25) is 5.91 Å². The molecule has 22 heavy (non-hydrogen) atoms. The molecule has 1 N–H and O–H groups in total. The number of rotatable bonds is 6. The number of carbonyl (C=O) groups excluding carboxylic acids is 1. The molecule has 0 saturated heterocycles. The van der Waals surface area contributed by atoms with Crippen molar-refractivity contribution in [2.75, 3.05) is 19.5 Å². The topological polar surface area (TPSA) is 109 Å². The Morgan fingerprint density at radius 1 is 1.36 bits per heavy atom. The minimum atomic E-state index is -0.574. The van der Waals surface area contributed by atoms with Crippen LogP contribution in [0.3, 0.4) is 0 Å². The average Bonchev–Trinajstić information content (AvgIpc) is 2.95. The van der Waals surface area contributed by atoms with E-state index in [1.54, 1.807) is 18.2 Å². The van der Waals surface area contributed by atoms with E-state index in [0.717, 1.165) is 6.20 Å². The maximum atomic E-state index is 11.9. The van der Waals surface area contributed by atoms with Gasteiger partial charge in [0, 0.05) is 11.8 Å². The molecule has 0 unspecified atom stereocenters. The fourth-order valence-electron chi connectivity index (χ4n) is 1.80. The Balaban J connectivity index is 2.03. The first-order valence-corrected chi connectivity index (χ1v) is 6.22. The number of ether oxygens (including phenoxy) is 2. The molecule has 0 aliphatic rings. The lowest BCUT2D eigenvalue weighted by Crippen LogP contribution is -2.19. The Labute approximate surface area is 125 Å². The van der Waals surface area contributed by atoms with Crippen LogP contribution in [0.15, 0.2) is 30.6 Å². The van der Waals surface area contributed by atoms with E-state index in [9.17, 15) is 14.9 Å². The van der Waals surface area contributed by atoms with Crippen LogP contribution in [0, 0.1) is 10.1 Å². The number of aromatic nitrogens is 2. The Hall–Kier alpha value is -3.10. The standard InChI is InChI=1S/C13H14N4O5/c1-21-11-4-3-9(5-12(11)22-2)15-13(18)8-16-7-10(6-14-16)17(19)20/h3-7H,8H2,1-2H3,(H,15,18). The van der Waals surface area contributed by atoms with Gasteiger partial charge in [0.1, 0.15) is 18.9 Å². The summed E-state index contributed by atoms with van der Waals surface area (Å²) in [7, 11) is 3.01. The Morgan fingerprint density at radius 3 is 2.68 bits per heavy atom. The maximum Gasteiger partial charge on any atom is 0.307 e. The molecule has 2 aromatic rings. The first-order chi connectivity index (χ1) is 10.5. The highest BCUT2D eigenvalue weighted by molar-refractivity contribution is 5.90. The van der Waals surface area contributed by atoms with Gasteiger partial charge in [-0.15, -0.1) is 0 Å². The first kappa shape index (κ1) is 15.3. The monoisotopic (exact) mass is 306 g/mol. The van der Waals surface area contributed by atoms with Gasteiger partial charge in [-0.1, -0.05) is 0 Å². The van der Waals surface area contributed by atoms with Crippen molar-refractivity contribution >= 4 is 17.3 Å². The van der Waals surface area contributed by atoms with Gasteiger partial charge in [0.25, 0.3) is 0 Å². The molecule has 9 heteroatoms. The molecule has 0 fully saturated rings. The molecule has 1 amide bonds. The van der Waals surface area contributed by atoms with E-state index in [-0.39, 0.29) is 18.1 Å². The van der Waals surface area contributed by atoms with Crippen molar-refractivity contribution in [3.05, 3.63) is 40.7 Å². The van der Waals surface area contributed by atoms with E-state index in [1.807, 2.05) is 0 Å². The van der Waals surface area contributed by atoms with Crippen LogP contribution in [0.5, 0.6) is 11.5 Å². The van der Waals surface area contributed by atoms with Crippen molar-refractivity contribution in [3.8, 4) is 11.5 Å². The van der Waals surface area contributed by atoms with Gasteiger partial charge >= 0.3 is 5.69 Å². The molecule has 1 heterocycles. The largest absolute Gasteiger partial charge is 0.493 e. The van der Waals surface area contributed by atoms with Crippen molar-refractivity contribution in [2.24, 2.45) is 0 Å². The molecule has 0 radical (unpaired) electrons. The molecule has 2 rings (SSSR count). The van der Waals surface area contributed by atoms with Crippen molar-refractivity contribution in [1.29, 1.82) is 0 Å². The highest BCUT2D eigenvalue weighted by Gasteiger charge is 2.12. The van der Waals surface area contributed by atoms with Gasteiger partial charge in [0.05, 0.1) is 19.1 Å². The number of anilines is 1. The lowest BCUT2D eigenvalue weighted by Gasteiger charge is -2.10. The summed E-state index contributed by atoms with van der Waals surface area (Å²) < 4.78 is 11.4. The predicted molar refractivity (Wildman–Crippen MR) is 77.1 cm³/mol. The van der Waals surface area contributed by atoms with E-state index in [2.05, 4.69) is 10.4 Å². The van der Waals surface area contributed by atoms with Crippen LogP contribution >= 0.6 is 0 Å². The zero-order valence-corrected chi connectivity index (χ0v) is 12.0. The fraction of sp³-hybridized carbons (Fsp3) is 0.231. The molecule has 0 aliphatic carbocycles. The third-order valence-corrected chi connectivity index (χ3v) is 2.80. The molecule has 0 spiro atoms. The number of methoxy groups -OCH3 is 2. The van der Waals surface area contributed by atoms with E-state index < -0.39 is 4.92 Å². The first-order valence-electron chi connectivity index (χ1n) is 6.22. The molecule has 1 aromatic carbocycles. The summed E-state index contributed by atoms with van der Waals surface area (Å²) >= 11 is 0. The molecule has 0 saturated carbocycles. The van der Waals surface area contributed by atoms with Crippen LogP contribution in [-0.4, -0.2) is 34.8 Å². The zero-order chi connectivity index (χ0) is 16.1. The average molecular weight is 306 g/mol. The Bertz CT molecular complexity index is 697. The SMILES string of the molecule is COc1ccc(NC(=O)Cn2cc([N+](=O)[O-])cn2)cc1OC. The minimum Gasteiger partial charge on any atom is -0.493 e. The normalized spacial score (nSPS) is 10.1. The molecule has 9 nitrogen and oxygen atoms in total. The van der Waals surface area contributed by atoms with E-state index in [1.165, 1.54) is 25.1 Å². The van der Waals surface area contributed by atoms with Gasteiger partial charge in [0.15, 0.2) is 11.5 Å². The fourth-order valence-corrected chi connectivity index (χ4v) is 1.80. The number of nitro groups is 1. The highest BCUT2D eigenvalue weighted by Crippen LogP contribution is 2.29. The van der Waals surface area contributed by atoms with Crippen LogP contribution < -0.4 is 14.8 Å². The number of nitrogens with one attached hydrogen (secondary N) is 1. The number of benzene rings is 1. The summed E-state index contributed by atoms with van der Waals surface area (Å²) in [4.78, 5) is 21.9. The summed E-state index contributed by atoms with van der Waals surface area (Å²) in [6.45, 7) is -0.137. The van der Waals surface area contributed by atoms with Gasteiger partial charge in [-0.3, -0.25) is 19.6 Å². The summed E-state index contributed by atoms with van der Waals surface area (Å²) in [6, 6.07) is 4.93. The summed E-state index contributed by atoms with van der Waals surface area (Å²) in [5.41, 5.74) is 0.350. The second-order valence-corrected chi connectivity index (χ2v) is 4.27. The zero-order valence-electron chi connectivity index (χ0n) is 12.0. The maximum absolute atomic E-state index is 11.9. The van der Waals surface area contributed by atoms with Crippen molar-refractivity contribution in [1.82, 2.24) is 9.78 Å². The molecule has 1 aromatic heterocycles. The second-order valence-electron chi connectivity index (χ2n) is 4.27. The predicted octanol–water partition coefficient (Wildman–Crippen LogP) is 1.45. The van der Waals surface area contributed by atoms with Crippen LogP contribution in [0.4, 0.5) is 11.4 Å². The van der Waals surface area contributed by atoms with Crippen LogP contribution in [0.2, 0.25) is 0 Å². The Morgan fingerprint density at radius 2 is 2.09 bits per heavy atom. The van der Waals surface area contributed by atoms with Gasteiger partial charge in [-0.2, -0.15) is 5.10 Å². The Kier molecular flexibility index (Phi) is 4.57. The number of hydrogen-bond acceptors (Lipinski definition) is 6. The van der Waals surface area contributed by atoms with Gasteiger partial charge in [-0.25, -0.2) is 0 Å². The highest BCUT2D eigenvalue weighted by atomic mass is 16.6. The van der Waals surface area contributed by atoms with Crippen molar-refractivity contribution in [2.45, 2.75) is 6.54 Å². The lowest BCUT2D eigenvalue weighted by atomic mass is 10.2. The van der Waals surface area contributed by atoms with Gasteiger partial charge < -0.3 is 14.8 Å².